The summed E-state index contributed by atoms with van der Waals surface area (Å²) >= 11 is 0. The molecule has 302 valence electrons. The van der Waals surface area contributed by atoms with Crippen LogP contribution in [0, 0.1) is 0 Å². The van der Waals surface area contributed by atoms with E-state index >= 15 is 0 Å². The quantitative estimate of drug-likeness (QED) is 0.0691. The Hall–Kier alpha value is -2.54. The van der Waals surface area contributed by atoms with Crippen molar-refractivity contribution < 1.29 is 26.2 Å². The molecule has 0 aromatic heterocycles. The zero-order valence-corrected chi connectivity index (χ0v) is 39.6. The van der Waals surface area contributed by atoms with E-state index in [-0.39, 0.29) is 26.2 Å². The average Bonchev–Trinajstić information content (AvgIpc) is 3.82. The van der Waals surface area contributed by atoms with E-state index in [0.29, 0.717) is 11.8 Å². The fraction of sp³-hybridized carbons (Fsp3) is 0.500. The number of benzene rings is 4. The summed E-state index contributed by atoms with van der Waals surface area (Å²) in [7, 11) is 0.953. The van der Waals surface area contributed by atoms with Crippen LogP contribution in [0.5, 0.6) is 0 Å². The van der Waals surface area contributed by atoms with Gasteiger partial charge in [-0.15, -0.1) is 0 Å². The summed E-state index contributed by atoms with van der Waals surface area (Å²) in [5.41, 5.74) is 18.5. The van der Waals surface area contributed by atoms with Gasteiger partial charge in [-0.2, -0.15) is 0 Å². The maximum Gasteiger partial charge on any atom is 0.0397 e. The van der Waals surface area contributed by atoms with Gasteiger partial charge in [-0.05, 0) is 119 Å². The van der Waals surface area contributed by atoms with Crippen LogP contribution in [0.3, 0.4) is 0 Å². The van der Waals surface area contributed by atoms with Crippen LogP contribution in [0.15, 0.2) is 96.1 Å². The molecule has 0 bridgehead atoms. The van der Waals surface area contributed by atoms with E-state index in [1.54, 1.807) is 33.4 Å². The number of hydrogen-bond acceptors (Lipinski definition) is 0. The Bertz CT molecular complexity index is 1810. The van der Waals surface area contributed by atoms with E-state index < -0.39 is 0 Å². The van der Waals surface area contributed by atoms with Gasteiger partial charge in [0.15, 0.2) is 0 Å². The van der Waals surface area contributed by atoms with Gasteiger partial charge in [0.05, 0.1) is 0 Å². The zero-order valence-electron chi connectivity index (χ0n) is 36.1. The van der Waals surface area contributed by atoms with Crippen LogP contribution in [-0.4, -0.2) is 9.52 Å². The van der Waals surface area contributed by atoms with E-state index in [0.717, 1.165) is 21.4 Å². The molecule has 2 saturated carbocycles. The van der Waals surface area contributed by atoms with Crippen molar-refractivity contribution in [2.75, 3.05) is 0 Å². The largest absolute Gasteiger partial charge is 0.0654 e. The fourth-order valence-electron chi connectivity index (χ4n) is 11.2. The van der Waals surface area contributed by atoms with Crippen molar-refractivity contribution >= 4 is 21.7 Å². The molecule has 2 fully saturated rings. The molecular weight excluding hydrogens is 792 g/mol. The third-order valence-corrected chi connectivity index (χ3v) is 15.9. The first-order valence-electron chi connectivity index (χ1n) is 23.8. The molecule has 2 radical (unpaired) electrons. The van der Waals surface area contributed by atoms with Crippen LogP contribution >= 0.6 is 0 Å². The standard InChI is InChI=1S/C56H70Si.Zr/c1-3-5-7-11-23-47-37-53-49(45-33-29-43(30-34-45)41-19-13-9-14-20-41)25-17-27-51(53)55(47)39-57-40-56-48(24-12-8-6-4-2)38-54-50(26-18-28-52(54)56)46-35-31-44(32-36-46)42-21-15-10-16-22-42;/h17-18,25-38,41-42,55-56H,3-16,19-24,39-40H2,1-2H3;. The predicted molar refractivity (Wildman–Crippen MR) is 250 cm³/mol. The Morgan fingerprint density at radius 1 is 0.466 bits per heavy atom. The third-order valence-electron chi connectivity index (χ3n) is 14.5. The van der Waals surface area contributed by atoms with Gasteiger partial charge in [0.1, 0.15) is 0 Å². The third kappa shape index (κ3) is 10.3. The first-order chi connectivity index (χ1) is 28.2. The molecule has 4 aliphatic rings. The summed E-state index contributed by atoms with van der Waals surface area (Å²) in [5, 5.41) is 0. The van der Waals surface area contributed by atoms with E-state index in [2.05, 4.69) is 111 Å². The second-order valence-electron chi connectivity index (χ2n) is 18.4. The van der Waals surface area contributed by atoms with Gasteiger partial charge in [-0.1, -0.05) is 211 Å². The van der Waals surface area contributed by atoms with Gasteiger partial charge in [0, 0.05) is 47.6 Å². The number of rotatable bonds is 18. The zero-order chi connectivity index (χ0) is 38.8. The summed E-state index contributed by atoms with van der Waals surface area (Å²) in [4.78, 5) is 0. The fourth-order valence-corrected chi connectivity index (χ4v) is 12.9. The summed E-state index contributed by atoms with van der Waals surface area (Å²) in [6, 6.07) is 36.6. The molecule has 0 heterocycles. The molecule has 4 aliphatic carbocycles. The maximum atomic E-state index is 2.65. The average molecular weight is 862 g/mol. The van der Waals surface area contributed by atoms with Gasteiger partial charge in [-0.25, -0.2) is 0 Å². The van der Waals surface area contributed by atoms with Crippen molar-refractivity contribution in [3.63, 3.8) is 0 Å². The molecule has 0 amide bonds. The Morgan fingerprint density at radius 2 is 0.879 bits per heavy atom. The van der Waals surface area contributed by atoms with Crippen LogP contribution in [-0.2, 0) is 26.2 Å². The van der Waals surface area contributed by atoms with Crippen LogP contribution in [0.25, 0.3) is 34.4 Å². The normalized spacial score (nSPS) is 19.3. The summed E-state index contributed by atoms with van der Waals surface area (Å²) < 4.78 is 0. The van der Waals surface area contributed by atoms with Gasteiger partial charge in [-0.3, -0.25) is 0 Å². The summed E-state index contributed by atoms with van der Waals surface area (Å²) in [6.07, 6.45) is 32.3. The molecule has 2 unspecified atom stereocenters. The van der Waals surface area contributed by atoms with Crippen LogP contribution in [0.4, 0.5) is 0 Å². The summed E-state index contributed by atoms with van der Waals surface area (Å²) in [6.45, 7) is 4.68. The Labute approximate surface area is 375 Å². The predicted octanol–water partition coefficient (Wildman–Crippen LogP) is 17.3. The maximum absolute atomic E-state index is 2.65. The minimum Gasteiger partial charge on any atom is -0.0654 e. The molecule has 0 nitrogen and oxygen atoms in total. The molecule has 0 aliphatic heterocycles. The molecule has 8 rings (SSSR count). The molecular formula is C56H70SiZr. The number of fused-ring (bicyclic) bond motifs is 2. The number of allylic oxidation sites excluding steroid dienone is 2. The topological polar surface area (TPSA) is 0 Å². The second-order valence-corrected chi connectivity index (χ2v) is 19.7. The van der Waals surface area contributed by atoms with Crippen molar-refractivity contribution in [1.29, 1.82) is 0 Å². The first-order valence-corrected chi connectivity index (χ1v) is 25.2. The Kier molecular flexibility index (Phi) is 16.4. The van der Waals surface area contributed by atoms with Gasteiger partial charge >= 0.3 is 0 Å². The second kappa shape index (κ2) is 21.8. The minimum absolute atomic E-state index is 0. The Balaban J connectivity index is 0.00000512. The van der Waals surface area contributed by atoms with Crippen LogP contribution in [0.1, 0.15) is 199 Å². The van der Waals surface area contributed by atoms with Gasteiger partial charge in [0.25, 0.3) is 0 Å². The van der Waals surface area contributed by atoms with Crippen LogP contribution < -0.4 is 0 Å². The molecule has 58 heavy (non-hydrogen) atoms. The monoisotopic (exact) mass is 860 g/mol. The number of unbranched alkanes of at least 4 members (excludes halogenated alkanes) is 6. The minimum atomic E-state index is 0. The number of hydrogen-bond donors (Lipinski definition) is 0. The van der Waals surface area contributed by atoms with Gasteiger partial charge in [0.2, 0.25) is 0 Å². The van der Waals surface area contributed by atoms with Crippen molar-refractivity contribution in [2.24, 2.45) is 0 Å². The van der Waals surface area contributed by atoms with Crippen molar-refractivity contribution in [2.45, 2.75) is 178 Å². The summed E-state index contributed by atoms with van der Waals surface area (Å²) in [5.74, 6) is 2.65. The van der Waals surface area contributed by atoms with Crippen molar-refractivity contribution in [1.82, 2.24) is 0 Å². The van der Waals surface area contributed by atoms with Gasteiger partial charge < -0.3 is 0 Å². The molecule has 2 atom stereocenters. The van der Waals surface area contributed by atoms with Crippen molar-refractivity contribution in [3.05, 3.63) is 129 Å². The molecule has 2 heteroatoms. The SMILES string of the molecule is CCCCCCC1=Cc2c(-c3ccc(C4CCCCC4)cc3)cccc2C1C[Si]CC1C(CCCCCC)=Cc2c(-c3ccc(C4CCCCC4)cc3)cccc21.[Zr]. The van der Waals surface area contributed by atoms with E-state index in [1.807, 2.05) is 0 Å². The van der Waals surface area contributed by atoms with E-state index in [4.69, 9.17) is 0 Å². The smallest absolute Gasteiger partial charge is 0.0397 e. The molecule has 0 N–H and O–H groups in total. The van der Waals surface area contributed by atoms with E-state index in [1.165, 1.54) is 174 Å². The Morgan fingerprint density at radius 3 is 1.28 bits per heavy atom. The van der Waals surface area contributed by atoms with E-state index in [9.17, 15) is 0 Å². The molecule has 0 spiro atoms. The van der Waals surface area contributed by atoms with Crippen molar-refractivity contribution in [3.8, 4) is 22.3 Å². The van der Waals surface area contributed by atoms with Crippen LogP contribution in [0.2, 0.25) is 12.1 Å². The molecule has 0 saturated heterocycles. The molecule has 4 aromatic rings. The molecule has 4 aromatic carbocycles. The first kappa shape index (κ1) is 43.5.